The molecule has 1 aromatic carbocycles. The van der Waals surface area contributed by atoms with Gasteiger partial charge in [0.25, 0.3) is 0 Å². The van der Waals surface area contributed by atoms with Crippen molar-refractivity contribution in [2.45, 2.75) is 51.5 Å². The summed E-state index contributed by atoms with van der Waals surface area (Å²) in [7, 11) is -3.48. The first kappa shape index (κ1) is 19.9. The first-order valence-electron chi connectivity index (χ1n) is 9.61. The Hall–Kier alpha value is -1.86. The van der Waals surface area contributed by atoms with Gasteiger partial charge in [-0.1, -0.05) is 25.1 Å². The van der Waals surface area contributed by atoms with E-state index in [-0.39, 0.29) is 0 Å². The van der Waals surface area contributed by atoms with Crippen LogP contribution in [0.2, 0.25) is 0 Å². The van der Waals surface area contributed by atoms with Crippen LogP contribution in [0.5, 0.6) is 5.75 Å². The number of benzene rings is 1. The number of ether oxygens (including phenoxy) is 1. The van der Waals surface area contributed by atoms with Gasteiger partial charge in [-0.25, -0.2) is 8.42 Å². The Kier molecular flexibility index (Phi) is 6.22. The highest BCUT2D eigenvalue weighted by molar-refractivity contribution is 7.89. The van der Waals surface area contributed by atoms with Crippen molar-refractivity contribution < 1.29 is 13.2 Å². The maximum Gasteiger partial charge on any atom is 0.246 e. The largest absolute Gasteiger partial charge is 0.494 e. The van der Waals surface area contributed by atoms with E-state index in [0.717, 1.165) is 25.0 Å². The number of rotatable bonds is 7. The standard InChI is InChI=1S/C20H29N3O3S/c1-16-10-13-22(14-11-16)27(24,25)20-17(2)21-23(18(20)3)12-7-15-26-19-8-5-4-6-9-19/h4-6,8-9,16H,7,10-15H2,1-3H3. The van der Waals surface area contributed by atoms with Crippen molar-refractivity contribution in [2.75, 3.05) is 19.7 Å². The summed E-state index contributed by atoms with van der Waals surface area (Å²) in [6.07, 6.45) is 2.60. The first-order chi connectivity index (χ1) is 12.9. The molecular weight excluding hydrogens is 362 g/mol. The molecular formula is C20H29N3O3S. The summed E-state index contributed by atoms with van der Waals surface area (Å²) in [5.74, 6) is 1.43. The first-order valence-corrected chi connectivity index (χ1v) is 11.1. The third-order valence-corrected chi connectivity index (χ3v) is 7.33. The molecule has 3 rings (SSSR count). The van der Waals surface area contributed by atoms with E-state index in [0.29, 0.717) is 48.4 Å². The third kappa shape index (κ3) is 4.52. The number of piperidine rings is 1. The van der Waals surface area contributed by atoms with Crippen molar-refractivity contribution in [1.82, 2.24) is 14.1 Å². The van der Waals surface area contributed by atoms with Gasteiger partial charge in [0.2, 0.25) is 10.0 Å². The van der Waals surface area contributed by atoms with Crippen LogP contribution in [0.4, 0.5) is 0 Å². The van der Waals surface area contributed by atoms with Gasteiger partial charge >= 0.3 is 0 Å². The highest BCUT2D eigenvalue weighted by Crippen LogP contribution is 2.27. The molecule has 27 heavy (non-hydrogen) atoms. The second-order valence-corrected chi connectivity index (χ2v) is 9.20. The van der Waals surface area contributed by atoms with Crippen molar-refractivity contribution >= 4 is 10.0 Å². The number of aromatic nitrogens is 2. The zero-order valence-corrected chi connectivity index (χ0v) is 17.2. The average molecular weight is 392 g/mol. The molecule has 2 aromatic rings. The number of para-hydroxylation sites is 1. The van der Waals surface area contributed by atoms with Crippen molar-refractivity contribution in [3.63, 3.8) is 0 Å². The molecule has 0 spiro atoms. The lowest BCUT2D eigenvalue weighted by molar-refractivity contribution is 0.287. The summed E-state index contributed by atoms with van der Waals surface area (Å²) in [4.78, 5) is 0.376. The van der Waals surface area contributed by atoms with Gasteiger partial charge in [-0.2, -0.15) is 9.40 Å². The van der Waals surface area contributed by atoms with Gasteiger partial charge in [0.05, 0.1) is 18.0 Å². The molecule has 0 atom stereocenters. The summed E-state index contributed by atoms with van der Waals surface area (Å²) >= 11 is 0. The van der Waals surface area contributed by atoms with Gasteiger partial charge in [-0.05, 0) is 44.7 Å². The summed E-state index contributed by atoms with van der Waals surface area (Å²) in [6.45, 7) is 8.19. The smallest absolute Gasteiger partial charge is 0.246 e. The Morgan fingerprint density at radius 2 is 1.81 bits per heavy atom. The zero-order valence-electron chi connectivity index (χ0n) is 16.4. The van der Waals surface area contributed by atoms with E-state index in [1.54, 1.807) is 15.9 Å². The van der Waals surface area contributed by atoms with Crippen molar-refractivity contribution in [3.8, 4) is 5.75 Å². The van der Waals surface area contributed by atoms with Crippen molar-refractivity contribution in [3.05, 3.63) is 41.7 Å². The topological polar surface area (TPSA) is 64.4 Å². The molecule has 0 unspecified atom stereocenters. The van der Waals surface area contributed by atoms with Crippen LogP contribution in [0.15, 0.2) is 35.2 Å². The maximum absolute atomic E-state index is 13.1. The Morgan fingerprint density at radius 3 is 2.48 bits per heavy atom. The second kappa shape index (κ2) is 8.44. The molecule has 2 heterocycles. The molecule has 6 nitrogen and oxygen atoms in total. The van der Waals surface area contributed by atoms with E-state index in [9.17, 15) is 8.42 Å². The number of hydrogen-bond donors (Lipinski definition) is 0. The molecule has 1 aliphatic heterocycles. The van der Waals surface area contributed by atoms with Crippen molar-refractivity contribution in [2.24, 2.45) is 5.92 Å². The Balaban J connectivity index is 1.65. The molecule has 148 valence electrons. The van der Waals surface area contributed by atoms with Crippen LogP contribution in [0, 0.1) is 19.8 Å². The zero-order chi connectivity index (χ0) is 19.4. The predicted octanol–water partition coefficient (Wildman–Crippen LogP) is 3.39. The fraction of sp³-hybridized carbons (Fsp3) is 0.550. The fourth-order valence-corrected chi connectivity index (χ4v) is 5.39. The normalized spacial score (nSPS) is 16.6. The minimum atomic E-state index is -3.48. The molecule has 0 N–H and O–H groups in total. The lowest BCUT2D eigenvalue weighted by Crippen LogP contribution is -2.38. The van der Waals surface area contributed by atoms with Crippen LogP contribution in [-0.2, 0) is 16.6 Å². The van der Waals surface area contributed by atoms with Gasteiger partial charge in [0.1, 0.15) is 10.6 Å². The van der Waals surface area contributed by atoms with Gasteiger partial charge in [-0.3, -0.25) is 4.68 Å². The highest BCUT2D eigenvalue weighted by atomic mass is 32.2. The van der Waals surface area contributed by atoms with Crippen LogP contribution >= 0.6 is 0 Å². The number of nitrogens with zero attached hydrogens (tertiary/aromatic N) is 3. The summed E-state index contributed by atoms with van der Waals surface area (Å²) in [6, 6.07) is 9.68. The van der Waals surface area contributed by atoms with Crippen LogP contribution in [0.3, 0.4) is 0 Å². The molecule has 1 saturated heterocycles. The van der Waals surface area contributed by atoms with Gasteiger partial charge < -0.3 is 4.74 Å². The van der Waals surface area contributed by atoms with Crippen LogP contribution in [-0.4, -0.2) is 42.2 Å². The number of sulfonamides is 1. The van der Waals surface area contributed by atoms with Gasteiger partial charge in [0.15, 0.2) is 0 Å². The Labute approximate surface area is 162 Å². The monoisotopic (exact) mass is 391 g/mol. The molecule has 0 bridgehead atoms. The van der Waals surface area contributed by atoms with E-state index in [2.05, 4.69) is 12.0 Å². The van der Waals surface area contributed by atoms with E-state index < -0.39 is 10.0 Å². The van der Waals surface area contributed by atoms with E-state index in [4.69, 9.17) is 4.74 Å². The van der Waals surface area contributed by atoms with Crippen LogP contribution in [0.25, 0.3) is 0 Å². The van der Waals surface area contributed by atoms with Gasteiger partial charge in [-0.15, -0.1) is 0 Å². The Bertz CT molecular complexity index is 854. The molecule has 0 amide bonds. The Morgan fingerprint density at radius 1 is 1.15 bits per heavy atom. The van der Waals surface area contributed by atoms with E-state index >= 15 is 0 Å². The maximum atomic E-state index is 13.1. The molecule has 1 aliphatic rings. The lowest BCUT2D eigenvalue weighted by Gasteiger charge is -2.29. The third-order valence-electron chi connectivity index (χ3n) is 5.18. The lowest BCUT2D eigenvalue weighted by atomic mass is 10.0. The fourth-order valence-electron chi connectivity index (χ4n) is 3.55. The highest BCUT2D eigenvalue weighted by Gasteiger charge is 2.32. The molecule has 1 aromatic heterocycles. The summed E-state index contributed by atoms with van der Waals surface area (Å²) in [5, 5.41) is 4.49. The van der Waals surface area contributed by atoms with Crippen LogP contribution < -0.4 is 4.74 Å². The van der Waals surface area contributed by atoms with E-state index in [1.165, 1.54) is 0 Å². The number of hydrogen-bond acceptors (Lipinski definition) is 4. The second-order valence-electron chi connectivity index (χ2n) is 7.32. The molecule has 0 aliphatic carbocycles. The van der Waals surface area contributed by atoms with Crippen LogP contribution in [0.1, 0.15) is 37.6 Å². The summed E-state index contributed by atoms with van der Waals surface area (Å²) < 4.78 is 35.3. The molecule has 0 saturated carbocycles. The predicted molar refractivity (Wildman–Crippen MR) is 105 cm³/mol. The number of aryl methyl sites for hydroxylation is 2. The van der Waals surface area contributed by atoms with E-state index in [1.807, 2.05) is 37.3 Å². The summed E-state index contributed by atoms with van der Waals surface area (Å²) in [5.41, 5.74) is 1.29. The average Bonchev–Trinajstić information content (AvgIpc) is 2.94. The van der Waals surface area contributed by atoms with Gasteiger partial charge in [0, 0.05) is 26.1 Å². The quantitative estimate of drug-likeness (QED) is 0.679. The van der Waals surface area contributed by atoms with Crippen molar-refractivity contribution in [1.29, 1.82) is 0 Å². The molecule has 1 fully saturated rings. The minimum Gasteiger partial charge on any atom is -0.494 e. The molecule has 0 radical (unpaired) electrons. The molecule has 7 heteroatoms. The minimum absolute atomic E-state index is 0.376. The SMILES string of the molecule is Cc1nn(CCCOc2ccccc2)c(C)c1S(=O)(=O)N1CCC(C)CC1.